The highest BCUT2D eigenvalue weighted by molar-refractivity contribution is 6.32. The smallest absolute Gasteiger partial charge is 0.314 e. The van der Waals surface area contributed by atoms with E-state index in [1.807, 2.05) is 0 Å². The van der Waals surface area contributed by atoms with Crippen molar-refractivity contribution in [2.24, 2.45) is 0 Å². The van der Waals surface area contributed by atoms with Gasteiger partial charge in [-0.05, 0) is 36.6 Å². The van der Waals surface area contributed by atoms with Gasteiger partial charge in [0, 0.05) is 10.4 Å². The van der Waals surface area contributed by atoms with Crippen LogP contribution in [-0.2, 0) is 10.2 Å². The van der Waals surface area contributed by atoms with Crippen LogP contribution < -0.4 is 0 Å². The zero-order valence-corrected chi connectivity index (χ0v) is 10.5. The number of carboxylic acids is 1. The zero-order chi connectivity index (χ0) is 12.8. The third-order valence-corrected chi connectivity index (χ3v) is 4.24. The van der Waals surface area contributed by atoms with Gasteiger partial charge >= 0.3 is 5.97 Å². The summed E-state index contributed by atoms with van der Waals surface area (Å²) in [5.74, 6) is -0.782. The highest BCUT2D eigenvalue weighted by Crippen LogP contribution is 2.47. The topological polar surface area (TPSA) is 50.4 Å². The normalized spacial score (nSPS) is 18.3. The molecule has 0 saturated heterocycles. The number of carbonyl (C=O) groups is 1. The number of carboxylic acid groups (broad SMARTS) is 1. The lowest BCUT2D eigenvalue weighted by atomic mass is 9.77. The molecule has 1 saturated carbocycles. The first kappa shape index (κ1) is 11.6. The van der Waals surface area contributed by atoms with E-state index >= 15 is 0 Å². The highest BCUT2D eigenvalue weighted by atomic mass is 35.5. The van der Waals surface area contributed by atoms with Crippen LogP contribution in [-0.4, -0.2) is 11.1 Å². The average Bonchev–Trinajstić information content (AvgIpc) is 2.96. The highest BCUT2D eigenvalue weighted by Gasteiger charge is 2.45. The molecule has 1 N–H and O–H groups in total. The predicted molar refractivity (Wildman–Crippen MR) is 69.0 cm³/mol. The zero-order valence-electron chi connectivity index (χ0n) is 9.78. The fourth-order valence-electron chi connectivity index (χ4n) is 3.05. The molecule has 0 radical (unpaired) electrons. The molecule has 4 heteroatoms. The van der Waals surface area contributed by atoms with E-state index in [1.165, 1.54) is 0 Å². The Balaban J connectivity index is 2.32. The molecule has 94 valence electrons. The van der Waals surface area contributed by atoms with E-state index in [0.29, 0.717) is 23.4 Å². The van der Waals surface area contributed by atoms with Gasteiger partial charge in [0.05, 0.1) is 11.7 Å². The lowest BCUT2D eigenvalue weighted by molar-refractivity contribution is -0.143. The number of benzene rings is 1. The van der Waals surface area contributed by atoms with E-state index in [1.54, 1.807) is 24.5 Å². The summed E-state index contributed by atoms with van der Waals surface area (Å²) in [5.41, 5.74) is 0.572. The van der Waals surface area contributed by atoms with Gasteiger partial charge in [0.2, 0.25) is 0 Å². The van der Waals surface area contributed by atoms with Gasteiger partial charge in [0.25, 0.3) is 0 Å². The number of halogens is 1. The minimum absolute atomic E-state index is 0.521. The molecule has 0 unspecified atom stereocenters. The first-order valence-corrected chi connectivity index (χ1v) is 6.42. The van der Waals surface area contributed by atoms with Crippen LogP contribution >= 0.6 is 11.6 Å². The van der Waals surface area contributed by atoms with E-state index in [2.05, 4.69) is 0 Å². The van der Waals surface area contributed by atoms with Crippen LogP contribution in [0.1, 0.15) is 31.2 Å². The number of fused-ring (bicyclic) bond motifs is 1. The van der Waals surface area contributed by atoms with Gasteiger partial charge in [-0.25, -0.2) is 0 Å². The van der Waals surface area contributed by atoms with Gasteiger partial charge in [0.1, 0.15) is 5.58 Å². The summed E-state index contributed by atoms with van der Waals surface area (Å²) in [5, 5.41) is 11.0. The van der Waals surface area contributed by atoms with Crippen molar-refractivity contribution in [2.75, 3.05) is 0 Å². The molecule has 1 heterocycles. The molecule has 0 amide bonds. The Labute approximate surface area is 109 Å². The van der Waals surface area contributed by atoms with Crippen LogP contribution in [0, 0.1) is 0 Å². The molecule has 1 fully saturated rings. The van der Waals surface area contributed by atoms with Crippen molar-refractivity contribution >= 4 is 28.5 Å². The van der Waals surface area contributed by atoms with Crippen LogP contribution in [0.4, 0.5) is 0 Å². The molecule has 1 aromatic heterocycles. The SMILES string of the molecule is O=C(O)C1(c2c(Cl)ccc3occc23)CCCC1. The van der Waals surface area contributed by atoms with Crippen LogP contribution in [0.25, 0.3) is 11.0 Å². The number of hydrogen-bond acceptors (Lipinski definition) is 2. The Kier molecular flexibility index (Phi) is 2.59. The molecule has 18 heavy (non-hydrogen) atoms. The Morgan fingerprint density at radius 3 is 2.67 bits per heavy atom. The Morgan fingerprint density at radius 2 is 2.00 bits per heavy atom. The van der Waals surface area contributed by atoms with E-state index in [0.717, 1.165) is 23.8 Å². The fourth-order valence-corrected chi connectivity index (χ4v) is 3.40. The van der Waals surface area contributed by atoms with E-state index in [4.69, 9.17) is 16.0 Å². The van der Waals surface area contributed by atoms with Gasteiger partial charge in [0.15, 0.2) is 0 Å². The van der Waals surface area contributed by atoms with Gasteiger partial charge in [-0.1, -0.05) is 24.4 Å². The molecule has 0 aliphatic heterocycles. The maximum absolute atomic E-state index is 11.8. The third-order valence-electron chi connectivity index (χ3n) is 3.93. The summed E-state index contributed by atoms with van der Waals surface area (Å²) in [6, 6.07) is 5.32. The second-order valence-electron chi connectivity index (χ2n) is 4.85. The van der Waals surface area contributed by atoms with E-state index in [9.17, 15) is 9.90 Å². The second kappa shape index (κ2) is 4.02. The van der Waals surface area contributed by atoms with Crippen molar-refractivity contribution in [2.45, 2.75) is 31.1 Å². The van der Waals surface area contributed by atoms with Crippen molar-refractivity contribution < 1.29 is 14.3 Å². The third kappa shape index (κ3) is 1.47. The van der Waals surface area contributed by atoms with Crippen molar-refractivity contribution in [3.63, 3.8) is 0 Å². The Hall–Kier alpha value is -1.48. The van der Waals surface area contributed by atoms with Crippen molar-refractivity contribution in [3.8, 4) is 0 Å². The summed E-state index contributed by atoms with van der Waals surface area (Å²) >= 11 is 6.27. The molecule has 3 rings (SSSR count). The minimum atomic E-state index is -0.847. The van der Waals surface area contributed by atoms with Crippen LogP contribution in [0.2, 0.25) is 5.02 Å². The summed E-state index contributed by atoms with van der Waals surface area (Å²) in [7, 11) is 0. The molecule has 1 aliphatic rings. The average molecular weight is 265 g/mol. The van der Waals surface area contributed by atoms with Crippen LogP contribution in [0.3, 0.4) is 0 Å². The van der Waals surface area contributed by atoms with E-state index < -0.39 is 11.4 Å². The summed E-state index contributed by atoms with van der Waals surface area (Å²) in [6.07, 6.45) is 4.72. The van der Waals surface area contributed by atoms with Gasteiger partial charge in [-0.3, -0.25) is 4.79 Å². The lowest BCUT2D eigenvalue weighted by Crippen LogP contribution is -2.33. The van der Waals surface area contributed by atoms with Gasteiger partial charge in [-0.2, -0.15) is 0 Å². The number of hydrogen-bond donors (Lipinski definition) is 1. The maximum atomic E-state index is 11.8. The van der Waals surface area contributed by atoms with Crippen LogP contribution in [0.15, 0.2) is 28.9 Å². The Morgan fingerprint density at radius 1 is 1.28 bits per heavy atom. The van der Waals surface area contributed by atoms with Crippen molar-refractivity contribution in [1.82, 2.24) is 0 Å². The number of aliphatic carboxylic acids is 1. The predicted octanol–water partition coefficient (Wildman–Crippen LogP) is 3.98. The molecule has 3 nitrogen and oxygen atoms in total. The first-order chi connectivity index (χ1) is 8.65. The van der Waals surface area contributed by atoms with E-state index in [-0.39, 0.29) is 0 Å². The van der Waals surface area contributed by atoms with Crippen molar-refractivity contribution in [1.29, 1.82) is 0 Å². The number of furan rings is 1. The molecule has 1 aromatic carbocycles. The van der Waals surface area contributed by atoms with Crippen LogP contribution in [0.5, 0.6) is 0 Å². The standard InChI is InChI=1S/C14H13ClO3/c15-10-3-4-11-9(5-8-18-11)12(10)14(13(16)17)6-1-2-7-14/h3-5,8H,1-2,6-7H2,(H,16,17). The quantitative estimate of drug-likeness (QED) is 0.892. The van der Waals surface area contributed by atoms with Gasteiger partial charge < -0.3 is 9.52 Å². The monoisotopic (exact) mass is 264 g/mol. The molecule has 0 bridgehead atoms. The summed E-state index contributed by atoms with van der Waals surface area (Å²) in [4.78, 5) is 11.8. The molecule has 1 aliphatic carbocycles. The molecule has 0 spiro atoms. The lowest BCUT2D eigenvalue weighted by Gasteiger charge is -2.26. The summed E-state index contributed by atoms with van der Waals surface area (Å²) in [6.45, 7) is 0. The number of rotatable bonds is 2. The van der Waals surface area contributed by atoms with Crippen molar-refractivity contribution in [3.05, 3.63) is 35.0 Å². The minimum Gasteiger partial charge on any atom is -0.481 e. The molecule has 0 atom stereocenters. The second-order valence-corrected chi connectivity index (χ2v) is 5.26. The fraction of sp³-hybridized carbons (Fsp3) is 0.357. The largest absolute Gasteiger partial charge is 0.481 e. The molecule has 2 aromatic rings. The summed E-state index contributed by atoms with van der Waals surface area (Å²) < 4.78 is 5.35. The maximum Gasteiger partial charge on any atom is 0.314 e. The molecular weight excluding hydrogens is 252 g/mol. The first-order valence-electron chi connectivity index (χ1n) is 6.05. The molecular formula is C14H13ClO3. The van der Waals surface area contributed by atoms with Gasteiger partial charge in [-0.15, -0.1) is 0 Å². The Bertz CT molecular complexity index is 609.